The fourth-order valence-corrected chi connectivity index (χ4v) is 1.65. The van der Waals surface area contributed by atoms with Crippen molar-refractivity contribution >= 4 is 0 Å². The third-order valence-corrected chi connectivity index (χ3v) is 2.57. The molecule has 1 aromatic carbocycles. The molecule has 0 aromatic heterocycles. The van der Waals surface area contributed by atoms with Gasteiger partial charge in [-0.05, 0) is 32.3 Å². The van der Waals surface area contributed by atoms with Gasteiger partial charge in [-0.25, -0.2) is 9.78 Å². The van der Waals surface area contributed by atoms with Crippen LogP contribution in [0.25, 0.3) is 0 Å². The van der Waals surface area contributed by atoms with Crippen molar-refractivity contribution in [1.29, 1.82) is 0 Å². The average molecular weight is 192 g/mol. The van der Waals surface area contributed by atoms with Crippen molar-refractivity contribution in [2.45, 2.75) is 38.4 Å². The lowest BCUT2D eigenvalue weighted by Crippen LogP contribution is -2.31. The lowest BCUT2D eigenvalue weighted by molar-refractivity contribution is -0.404. The van der Waals surface area contributed by atoms with Crippen LogP contribution in [0.1, 0.15) is 38.4 Å². The second-order valence-electron chi connectivity index (χ2n) is 4.38. The molecule has 1 heterocycles. The van der Waals surface area contributed by atoms with E-state index in [1.807, 2.05) is 32.0 Å². The number of hydrogen-bond donors (Lipinski definition) is 0. The highest BCUT2D eigenvalue weighted by Crippen LogP contribution is 2.34. The molecular formula is C12H16O2. The van der Waals surface area contributed by atoms with Crippen molar-refractivity contribution in [2.75, 3.05) is 0 Å². The largest absolute Gasteiger partial charge is 0.230 e. The lowest BCUT2D eigenvalue weighted by Gasteiger charge is -2.33. The molecule has 1 aliphatic rings. The molecule has 1 aliphatic heterocycles. The molecule has 1 atom stereocenters. The first-order valence-electron chi connectivity index (χ1n) is 5.07. The van der Waals surface area contributed by atoms with Crippen LogP contribution in [0.4, 0.5) is 0 Å². The second kappa shape index (κ2) is 3.71. The molecule has 2 rings (SSSR count). The Morgan fingerprint density at radius 1 is 1.21 bits per heavy atom. The standard InChI is InChI=1S/C12H16O2/c1-12(2)9-8-11(13-14-12)10-6-4-3-5-7-10/h3-7,11H,8-9H2,1-2H3. The summed E-state index contributed by atoms with van der Waals surface area (Å²) in [6.45, 7) is 4.10. The molecule has 0 bridgehead atoms. The van der Waals surface area contributed by atoms with Gasteiger partial charge in [0.2, 0.25) is 0 Å². The zero-order valence-corrected chi connectivity index (χ0v) is 8.69. The summed E-state index contributed by atoms with van der Waals surface area (Å²) in [5, 5.41) is 0. The van der Waals surface area contributed by atoms with Gasteiger partial charge in [-0.3, -0.25) is 0 Å². The second-order valence-corrected chi connectivity index (χ2v) is 4.38. The molecule has 0 aliphatic carbocycles. The monoisotopic (exact) mass is 192 g/mol. The number of hydrogen-bond acceptors (Lipinski definition) is 2. The van der Waals surface area contributed by atoms with Crippen molar-refractivity contribution in [1.82, 2.24) is 0 Å². The molecule has 1 fully saturated rings. The van der Waals surface area contributed by atoms with Crippen LogP contribution in [-0.2, 0) is 9.78 Å². The molecule has 1 unspecified atom stereocenters. The molecule has 2 heteroatoms. The fraction of sp³-hybridized carbons (Fsp3) is 0.500. The van der Waals surface area contributed by atoms with E-state index in [1.54, 1.807) is 0 Å². The van der Waals surface area contributed by atoms with E-state index in [4.69, 9.17) is 9.78 Å². The van der Waals surface area contributed by atoms with Gasteiger partial charge in [-0.15, -0.1) is 0 Å². The van der Waals surface area contributed by atoms with Crippen LogP contribution in [0.3, 0.4) is 0 Å². The van der Waals surface area contributed by atoms with E-state index in [9.17, 15) is 0 Å². The van der Waals surface area contributed by atoms with Crippen LogP contribution >= 0.6 is 0 Å². The highest BCUT2D eigenvalue weighted by Gasteiger charge is 2.29. The van der Waals surface area contributed by atoms with E-state index in [-0.39, 0.29) is 11.7 Å². The summed E-state index contributed by atoms with van der Waals surface area (Å²) < 4.78 is 0. The molecule has 0 amide bonds. The molecule has 1 saturated heterocycles. The van der Waals surface area contributed by atoms with E-state index < -0.39 is 0 Å². The molecular weight excluding hydrogens is 176 g/mol. The summed E-state index contributed by atoms with van der Waals surface area (Å²) in [6.07, 6.45) is 2.16. The summed E-state index contributed by atoms with van der Waals surface area (Å²) in [4.78, 5) is 10.7. The number of benzene rings is 1. The molecule has 14 heavy (non-hydrogen) atoms. The van der Waals surface area contributed by atoms with Crippen LogP contribution in [0.15, 0.2) is 30.3 Å². The highest BCUT2D eigenvalue weighted by molar-refractivity contribution is 5.17. The third-order valence-electron chi connectivity index (χ3n) is 2.57. The van der Waals surface area contributed by atoms with E-state index in [0.29, 0.717) is 0 Å². The first kappa shape index (κ1) is 9.69. The quantitative estimate of drug-likeness (QED) is 0.636. The Morgan fingerprint density at radius 3 is 2.50 bits per heavy atom. The molecule has 0 radical (unpaired) electrons. The van der Waals surface area contributed by atoms with Gasteiger partial charge in [-0.2, -0.15) is 0 Å². The van der Waals surface area contributed by atoms with E-state index in [1.165, 1.54) is 5.56 Å². The van der Waals surface area contributed by atoms with E-state index >= 15 is 0 Å². The van der Waals surface area contributed by atoms with E-state index in [2.05, 4.69) is 12.1 Å². The minimum absolute atomic E-state index is 0.101. The minimum Gasteiger partial charge on any atom is -0.230 e. The molecule has 2 nitrogen and oxygen atoms in total. The summed E-state index contributed by atoms with van der Waals surface area (Å²) in [6, 6.07) is 10.2. The Balaban J connectivity index is 2.03. The SMILES string of the molecule is CC1(C)CCC(c2ccccc2)OO1. The zero-order valence-electron chi connectivity index (χ0n) is 8.69. The van der Waals surface area contributed by atoms with Gasteiger partial charge in [0.15, 0.2) is 0 Å². The summed E-state index contributed by atoms with van der Waals surface area (Å²) in [7, 11) is 0. The third kappa shape index (κ3) is 2.14. The van der Waals surface area contributed by atoms with Crippen molar-refractivity contribution in [2.24, 2.45) is 0 Å². The normalized spacial score (nSPS) is 26.0. The average Bonchev–Trinajstić information content (AvgIpc) is 2.19. The predicted molar refractivity (Wildman–Crippen MR) is 54.7 cm³/mol. The first-order valence-corrected chi connectivity index (χ1v) is 5.07. The topological polar surface area (TPSA) is 18.5 Å². The van der Waals surface area contributed by atoms with Crippen LogP contribution in [0, 0.1) is 0 Å². The van der Waals surface area contributed by atoms with Gasteiger partial charge >= 0.3 is 0 Å². The van der Waals surface area contributed by atoms with Crippen molar-refractivity contribution in [3.8, 4) is 0 Å². The maximum absolute atomic E-state index is 5.38. The Bertz CT molecular complexity index is 282. The van der Waals surface area contributed by atoms with Gasteiger partial charge in [0.25, 0.3) is 0 Å². The summed E-state index contributed by atoms with van der Waals surface area (Å²) in [5.74, 6) is 0. The lowest BCUT2D eigenvalue weighted by atomic mass is 9.96. The smallest absolute Gasteiger partial charge is 0.118 e. The van der Waals surface area contributed by atoms with Crippen LogP contribution < -0.4 is 0 Å². The Kier molecular flexibility index (Phi) is 2.57. The van der Waals surface area contributed by atoms with Crippen LogP contribution in [0.2, 0.25) is 0 Å². The van der Waals surface area contributed by atoms with Gasteiger partial charge in [0.05, 0.1) is 5.60 Å². The molecule has 0 spiro atoms. The maximum atomic E-state index is 5.38. The summed E-state index contributed by atoms with van der Waals surface area (Å²) >= 11 is 0. The van der Waals surface area contributed by atoms with Gasteiger partial charge in [0.1, 0.15) is 6.10 Å². The van der Waals surface area contributed by atoms with Crippen molar-refractivity contribution in [3.05, 3.63) is 35.9 Å². The molecule has 0 saturated carbocycles. The van der Waals surface area contributed by atoms with Crippen molar-refractivity contribution < 1.29 is 9.78 Å². The fourth-order valence-electron chi connectivity index (χ4n) is 1.65. The Morgan fingerprint density at radius 2 is 1.93 bits per heavy atom. The minimum atomic E-state index is -0.134. The maximum Gasteiger partial charge on any atom is 0.118 e. The Hall–Kier alpha value is -0.860. The van der Waals surface area contributed by atoms with Crippen LogP contribution in [-0.4, -0.2) is 5.60 Å². The van der Waals surface area contributed by atoms with Crippen molar-refractivity contribution in [3.63, 3.8) is 0 Å². The molecule has 1 aromatic rings. The number of rotatable bonds is 1. The Labute approximate surface area is 84.8 Å². The van der Waals surface area contributed by atoms with Crippen LogP contribution in [0.5, 0.6) is 0 Å². The summed E-state index contributed by atoms with van der Waals surface area (Å²) in [5.41, 5.74) is 1.06. The molecule has 0 N–H and O–H groups in total. The van der Waals surface area contributed by atoms with Gasteiger partial charge in [-0.1, -0.05) is 30.3 Å². The van der Waals surface area contributed by atoms with Gasteiger partial charge in [0, 0.05) is 0 Å². The molecule has 76 valence electrons. The highest BCUT2D eigenvalue weighted by atomic mass is 17.2. The van der Waals surface area contributed by atoms with Gasteiger partial charge < -0.3 is 0 Å². The first-order chi connectivity index (χ1) is 6.67. The zero-order chi connectivity index (χ0) is 10.0. The predicted octanol–water partition coefficient (Wildman–Crippen LogP) is 3.25. The van der Waals surface area contributed by atoms with E-state index in [0.717, 1.165) is 12.8 Å².